The molecular weight excluding hydrogens is 569 g/mol. The Morgan fingerprint density at radius 1 is 0.837 bits per heavy atom. The molecule has 218 valence electrons. The fourth-order valence-corrected chi connectivity index (χ4v) is 4.84. The third-order valence-electron chi connectivity index (χ3n) is 6.25. The van der Waals surface area contributed by atoms with Crippen molar-refractivity contribution in [3.8, 4) is 0 Å². The second-order valence-electron chi connectivity index (χ2n) is 9.47. The number of hydrogen-bond donors (Lipinski definition) is 4. The Bertz CT molecular complexity index is 1710. The fraction of sp³-hybridized carbons (Fsp3) is 0.0909. The normalized spacial score (nSPS) is 11.7. The molecule has 0 fully saturated rings. The minimum absolute atomic E-state index is 0.0630. The predicted octanol–water partition coefficient (Wildman–Crippen LogP) is 6.36. The van der Waals surface area contributed by atoms with Gasteiger partial charge in [0.2, 0.25) is 5.91 Å². The van der Waals surface area contributed by atoms with Crippen LogP contribution in [-0.2, 0) is 9.59 Å². The van der Waals surface area contributed by atoms with Gasteiger partial charge in [-0.2, -0.15) is 0 Å². The standard InChI is InChI=1S/C33H28FN3O5S/c1-20-15-16-24(33(41)42)18-28(20)36-30(38)21(2)43-26-13-8-12-25(19-26)35-32(40)29(17-23-11-6-7-14-27(23)34)37-31(39)22-9-4-3-5-10-22/h3-19,21H,1-2H3,(H,35,40)(H,36,38)(H,37,39)(H,41,42)/b29-17-. The second kappa shape index (κ2) is 14.1. The number of carbonyl (C=O) groups excluding carboxylic acids is 3. The number of aryl methyl sites for hydroxylation is 1. The molecular formula is C33H28FN3O5S. The van der Waals surface area contributed by atoms with Gasteiger partial charge in [0.05, 0.1) is 10.8 Å². The SMILES string of the molecule is Cc1ccc(C(=O)O)cc1NC(=O)C(C)Sc1cccc(NC(=O)/C(=C/c2ccccc2F)NC(=O)c2ccccc2)c1. The number of nitrogens with one attached hydrogen (secondary N) is 3. The molecule has 10 heteroatoms. The molecule has 0 aliphatic rings. The minimum atomic E-state index is -1.09. The number of rotatable bonds is 10. The molecule has 1 atom stereocenters. The summed E-state index contributed by atoms with van der Waals surface area (Å²) in [6.45, 7) is 3.47. The second-order valence-corrected chi connectivity index (χ2v) is 10.9. The van der Waals surface area contributed by atoms with E-state index in [1.807, 2.05) is 0 Å². The molecule has 0 bridgehead atoms. The van der Waals surface area contributed by atoms with Crippen molar-refractivity contribution in [2.45, 2.75) is 24.0 Å². The molecule has 0 spiro atoms. The molecule has 0 saturated carbocycles. The summed E-state index contributed by atoms with van der Waals surface area (Å²) in [6, 6.07) is 25.5. The van der Waals surface area contributed by atoms with E-state index in [1.54, 1.807) is 80.6 Å². The fourth-order valence-electron chi connectivity index (χ4n) is 3.92. The molecule has 0 aliphatic heterocycles. The van der Waals surface area contributed by atoms with E-state index < -0.39 is 28.9 Å². The topological polar surface area (TPSA) is 125 Å². The summed E-state index contributed by atoms with van der Waals surface area (Å²) in [4.78, 5) is 51.0. The Labute approximate surface area is 252 Å². The van der Waals surface area contributed by atoms with Crippen LogP contribution >= 0.6 is 11.8 Å². The molecule has 4 aromatic rings. The van der Waals surface area contributed by atoms with E-state index >= 15 is 0 Å². The zero-order chi connectivity index (χ0) is 30.9. The molecule has 4 rings (SSSR count). The van der Waals surface area contributed by atoms with E-state index in [2.05, 4.69) is 16.0 Å². The summed E-state index contributed by atoms with van der Waals surface area (Å²) in [5, 5.41) is 16.8. The van der Waals surface area contributed by atoms with Gasteiger partial charge in [-0.3, -0.25) is 14.4 Å². The molecule has 0 aromatic heterocycles. The van der Waals surface area contributed by atoms with Crippen molar-refractivity contribution in [1.82, 2.24) is 5.32 Å². The van der Waals surface area contributed by atoms with Gasteiger partial charge in [-0.25, -0.2) is 9.18 Å². The number of carbonyl (C=O) groups is 4. The molecule has 0 heterocycles. The lowest BCUT2D eigenvalue weighted by atomic mass is 10.1. The van der Waals surface area contributed by atoms with Crippen molar-refractivity contribution in [2.24, 2.45) is 0 Å². The number of carboxylic acids is 1. The monoisotopic (exact) mass is 597 g/mol. The molecule has 3 amide bonds. The van der Waals surface area contributed by atoms with Crippen molar-refractivity contribution in [3.05, 3.63) is 131 Å². The van der Waals surface area contributed by atoms with Crippen LogP contribution in [0.1, 0.15) is 38.8 Å². The zero-order valence-corrected chi connectivity index (χ0v) is 24.1. The van der Waals surface area contributed by atoms with E-state index in [0.29, 0.717) is 21.8 Å². The number of carboxylic acid groups (broad SMARTS) is 1. The maximum absolute atomic E-state index is 14.4. The van der Waals surface area contributed by atoms with Crippen LogP contribution in [0.15, 0.2) is 108 Å². The van der Waals surface area contributed by atoms with Crippen LogP contribution in [0.25, 0.3) is 6.08 Å². The highest BCUT2D eigenvalue weighted by Gasteiger charge is 2.19. The molecule has 0 saturated heterocycles. The lowest BCUT2D eigenvalue weighted by molar-refractivity contribution is -0.115. The predicted molar refractivity (Wildman–Crippen MR) is 165 cm³/mol. The summed E-state index contributed by atoms with van der Waals surface area (Å²) in [5.74, 6) is -3.19. The molecule has 0 radical (unpaired) electrons. The van der Waals surface area contributed by atoms with Crippen molar-refractivity contribution in [2.75, 3.05) is 10.6 Å². The van der Waals surface area contributed by atoms with Gasteiger partial charge >= 0.3 is 5.97 Å². The van der Waals surface area contributed by atoms with Crippen LogP contribution in [0.3, 0.4) is 0 Å². The number of halogens is 1. The minimum Gasteiger partial charge on any atom is -0.478 e. The zero-order valence-electron chi connectivity index (χ0n) is 23.3. The first kappa shape index (κ1) is 30.7. The van der Waals surface area contributed by atoms with E-state index in [4.69, 9.17) is 0 Å². The molecule has 4 N–H and O–H groups in total. The lowest BCUT2D eigenvalue weighted by Gasteiger charge is -2.15. The number of aromatic carboxylic acids is 1. The Hall–Kier alpha value is -5.22. The number of amides is 3. The van der Waals surface area contributed by atoms with Gasteiger partial charge in [0, 0.05) is 27.4 Å². The highest BCUT2D eigenvalue weighted by Crippen LogP contribution is 2.28. The first-order chi connectivity index (χ1) is 20.6. The number of anilines is 2. The van der Waals surface area contributed by atoms with Crippen LogP contribution in [0.4, 0.5) is 15.8 Å². The van der Waals surface area contributed by atoms with E-state index in [1.165, 1.54) is 48.2 Å². The average Bonchev–Trinajstić information content (AvgIpc) is 2.99. The number of thioether (sulfide) groups is 1. The van der Waals surface area contributed by atoms with E-state index in [9.17, 15) is 28.7 Å². The molecule has 1 unspecified atom stereocenters. The maximum Gasteiger partial charge on any atom is 0.335 e. The average molecular weight is 598 g/mol. The Balaban J connectivity index is 1.49. The van der Waals surface area contributed by atoms with Crippen molar-refractivity contribution >= 4 is 52.9 Å². The largest absolute Gasteiger partial charge is 0.478 e. The van der Waals surface area contributed by atoms with Gasteiger partial charge in [-0.05, 0) is 74.0 Å². The van der Waals surface area contributed by atoms with Crippen molar-refractivity contribution in [3.63, 3.8) is 0 Å². The Kier molecular flexibility index (Phi) is 10.1. The molecule has 43 heavy (non-hydrogen) atoms. The van der Waals surface area contributed by atoms with Crippen molar-refractivity contribution in [1.29, 1.82) is 0 Å². The van der Waals surface area contributed by atoms with Crippen LogP contribution < -0.4 is 16.0 Å². The smallest absolute Gasteiger partial charge is 0.335 e. The number of hydrogen-bond acceptors (Lipinski definition) is 5. The Morgan fingerprint density at radius 2 is 1.56 bits per heavy atom. The Morgan fingerprint density at radius 3 is 2.28 bits per heavy atom. The highest BCUT2D eigenvalue weighted by molar-refractivity contribution is 8.00. The van der Waals surface area contributed by atoms with E-state index in [-0.39, 0.29) is 22.7 Å². The first-order valence-corrected chi connectivity index (χ1v) is 14.0. The van der Waals surface area contributed by atoms with Gasteiger partial charge in [0.15, 0.2) is 0 Å². The van der Waals surface area contributed by atoms with Crippen molar-refractivity contribution < 1.29 is 28.7 Å². The van der Waals surface area contributed by atoms with Gasteiger partial charge in [0.1, 0.15) is 11.5 Å². The van der Waals surface area contributed by atoms with Crippen LogP contribution in [0.5, 0.6) is 0 Å². The summed E-state index contributed by atoms with van der Waals surface area (Å²) >= 11 is 1.24. The van der Waals surface area contributed by atoms with Gasteiger partial charge < -0.3 is 21.1 Å². The summed E-state index contributed by atoms with van der Waals surface area (Å²) in [7, 11) is 0. The van der Waals surface area contributed by atoms with Gasteiger partial charge in [-0.1, -0.05) is 48.5 Å². The molecule has 4 aromatic carbocycles. The summed E-state index contributed by atoms with van der Waals surface area (Å²) in [5.41, 5.74) is 1.86. The third kappa shape index (κ3) is 8.40. The third-order valence-corrected chi connectivity index (χ3v) is 7.34. The quantitative estimate of drug-likeness (QED) is 0.125. The van der Waals surface area contributed by atoms with E-state index in [0.717, 1.165) is 5.56 Å². The summed E-state index contributed by atoms with van der Waals surface area (Å²) in [6.07, 6.45) is 1.26. The van der Waals surface area contributed by atoms with Gasteiger partial charge in [0.25, 0.3) is 11.8 Å². The van der Waals surface area contributed by atoms with Crippen LogP contribution in [0, 0.1) is 12.7 Å². The molecule has 8 nitrogen and oxygen atoms in total. The summed E-state index contributed by atoms with van der Waals surface area (Å²) < 4.78 is 14.4. The first-order valence-electron chi connectivity index (χ1n) is 13.2. The lowest BCUT2D eigenvalue weighted by Crippen LogP contribution is -2.30. The molecule has 0 aliphatic carbocycles. The van der Waals surface area contributed by atoms with Crippen LogP contribution in [-0.4, -0.2) is 34.0 Å². The van der Waals surface area contributed by atoms with Gasteiger partial charge in [-0.15, -0.1) is 11.8 Å². The van der Waals surface area contributed by atoms with Crippen LogP contribution in [0.2, 0.25) is 0 Å². The number of benzene rings is 4. The highest BCUT2D eigenvalue weighted by atomic mass is 32.2. The maximum atomic E-state index is 14.4.